The molecule has 0 aliphatic carbocycles. The maximum atomic E-state index is 12.9. The third-order valence-electron chi connectivity index (χ3n) is 4.26. The summed E-state index contributed by atoms with van der Waals surface area (Å²) < 4.78 is 45.2. The second-order valence-electron chi connectivity index (χ2n) is 6.62. The van der Waals surface area contributed by atoms with Crippen LogP contribution >= 0.6 is 0 Å². The van der Waals surface area contributed by atoms with Gasteiger partial charge in [0.05, 0.1) is 7.11 Å². The van der Waals surface area contributed by atoms with Gasteiger partial charge in [0.1, 0.15) is 4.90 Å². The van der Waals surface area contributed by atoms with E-state index >= 15 is 0 Å². The molecule has 134 valence electrons. The molecule has 0 aromatic heterocycles. The number of rotatable bonds is 5. The number of nitrogens with zero attached hydrogens (tertiary/aromatic N) is 1. The number of fused-ring (bicyclic) bond motifs is 2. The Morgan fingerprint density at radius 3 is 2.62 bits per heavy atom. The minimum Gasteiger partial charge on any atom is -0.492 e. The molecule has 0 saturated heterocycles. The van der Waals surface area contributed by atoms with Crippen LogP contribution in [0.4, 0.5) is 0 Å². The molecule has 0 unspecified atom stereocenters. The molecule has 2 heterocycles. The molecule has 2 aliphatic heterocycles. The van der Waals surface area contributed by atoms with E-state index in [1.807, 2.05) is 20.9 Å². The summed E-state index contributed by atoms with van der Waals surface area (Å²) in [5.74, 6) is 1.44. The van der Waals surface area contributed by atoms with E-state index in [2.05, 4.69) is 9.62 Å². The number of ether oxygens (including phenoxy) is 3. The second-order valence-corrected chi connectivity index (χ2v) is 8.32. The Morgan fingerprint density at radius 1 is 1.25 bits per heavy atom. The van der Waals surface area contributed by atoms with Crippen LogP contribution in [0.15, 0.2) is 4.90 Å². The summed E-state index contributed by atoms with van der Waals surface area (Å²) in [5.41, 5.74) is 1.63. The molecule has 2 aliphatic rings. The molecule has 0 atom stereocenters. The number of methoxy groups -OCH3 is 1. The number of likely N-dealkylation sites (N-methyl/N-ethyl adjacent to an activating group) is 1. The highest BCUT2D eigenvalue weighted by Crippen LogP contribution is 2.51. The quantitative estimate of drug-likeness (QED) is 0.858. The summed E-state index contributed by atoms with van der Waals surface area (Å²) in [4.78, 5) is 2.34. The van der Waals surface area contributed by atoms with E-state index in [9.17, 15) is 8.42 Å². The van der Waals surface area contributed by atoms with E-state index in [4.69, 9.17) is 14.2 Å². The maximum Gasteiger partial charge on any atom is 0.244 e. The Balaban J connectivity index is 2.19. The summed E-state index contributed by atoms with van der Waals surface area (Å²) in [6.45, 7) is 5.69. The van der Waals surface area contributed by atoms with E-state index in [0.29, 0.717) is 31.0 Å². The van der Waals surface area contributed by atoms with Gasteiger partial charge in [-0.2, -0.15) is 0 Å². The SMILES string of the molecule is COc1c2c(c(S(=O)(=O)NCC(C)C)c3c1OCO3)CCN(C)C2. The molecule has 0 fully saturated rings. The molecule has 1 aromatic carbocycles. The van der Waals surface area contributed by atoms with Gasteiger partial charge in [0.2, 0.25) is 22.6 Å². The van der Waals surface area contributed by atoms with E-state index in [1.54, 1.807) is 7.11 Å². The fourth-order valence-electron chi connectivity index (χ4n) is 3.10. The summed E-state index contributed by atoms with van der Waals surface area (Å²) >= 11 is 0. The minimum atomic E-state index is -3.69. The van der Waals surface area contributed by atoms with Crippen molar-refractivity contribution in [2.24, 2.45) is 5.92 Å². The van der Waals surface area contributed by atoms with Gasteiger partial charge < -0.3 is 19.1 Å². The van der Waals surface area contributed by atoms with Gasteiger partial charge in [0.15, 0.2) is 11.5 Å². The van der Waals surface area contributed by atoms with Crippen molar-refractivity contribution in [2.75, 3.05) is 34.0 Å². The first-order valence-electron chi connectivity index (χ1n) is 8.04. The predicted molar refractivity (Wildman–Crippen MR) is 89.2 cm³/mol. The van der Waals surface area contributed by atoms with Crippen LogP contribution in [-0.4, -0.2) is 47.4 Å². The Morgan fingerprint density at radius 2 is 1.96 bits per heavy atom. The van der Waals surface area contributed by atoms with Crippen molar-refractivity contribution in [2.45, 2.75) is 31.7 Å². The molecule has 1 aromatic rings. The molecule has 0 saturated carbocycles. The molecular weight excluding hydrogens is 332 g/mol. The molecule has 0 spiro atoms. The van der Waals surface area contributed by atoms with E-state index < -0.39 is 10.0 Å². The normalized spacial score (nSPS) is 17.2. The Labute approximate surface area is 142 Å². The second kappa shape index (κ2) is 6.42. The van der Waals surface area contributed by atoms with Crippen LogP contribution < -0.4 is 18.9 Å². The molecule has 24 heavy (non-hydrogen) atoms. The standard InChI is InChI=1S/C16H24N2O5S/c1-10(2)7-17-24(19,20)16-11-5-6-18(3)8-12(11)13(21-4)14-15(16)23-9-22-14/h10,17H,5-9H2,1-4H3. The van der Waals surface area contributed by atoms with Crippen LogP contribution in [0, 0.1) is 5.92 Å². The zero-order valence-corrected chi connectivity index (χ0v) is 15.3. The first kappa shape index (κ1) is 17.3. The zero-order valence-electron chi connectivity index (χ0n) is 14.5. The molecular formula is C16H24N2O5S. The number of hydrogen-bond acceptors (Lipinski definition) is 6. The molecule has 7 nitrogen and oxygen atoms in total. The minimum absolute atomic E-state index is 0.00285. The van der Waals surface area contributed by atoms with Gasteiger partial charge >= 0.3 is 0 Å². The van der Waals surface area contributed by atoms with Crippen LogP contribution in [0.25, 0.3) is 0 Å². The first-order valence-corrected chi connectivity index (χ1v) is 9.53. The van der Waals surface area contributed by atoms with Crippen molar-refractivity contribution < 1.29 is 22.6 Å². The van der Waals surface area contributed by atoms with Gasteiger partial charge in [-0.15, -0.1) is 0 Å². The summed E-state index contributed by atoms with van der Waals surface area (Å²) in [6, 6.07) is 0. The molecule has 0 amide bonds. The van der Waals surface area contributed by atoms with Crippen molar-refractivity contribution in [3.8, 4) is 17.2 Å². The average molecular weight is 356 g/mol. The lowest BCUT2D eigenvalue weighted by atomic mass is 9.97. The fourth-order valence-corrected chi connectivity index (χ4v) is 4.74. The highest BCUT2D eigenvalue weighted by molar-refractivity contribution is 7.89. The molecule has 0 bridgehead atoms. The third-order valence-corrected chi connectivity index (χ3v) is 5.78. The van der Waals surface area contributed by atoms with Crippen LogP contribution in [0.2, 0.25) is 0 Å². The van der Waals surface area contributed by atoms with Crippen LogP contribution in [0.1, 0.15) is 25.0 Å². The topological polar surface area (TPSA) is 77.1 Å². The van der Waals surface area contributed by atoms with Crippen molar-refractivity contribution in [3.63, 3.8) is 0 Å². The lowest BCUT2D eigenvalue weighted by Crippen LogP contribution is -2.32. The highest BCUT2D eigenvalue weighted by atomic mass is 32.2. The van der Waals surface area contributed by atoms with Crippen molar-refractivity contribution in [1.82, 2.24) is 9.62 Å². The summed E-state index contributed by atoms with van der Waals surface area (Å²) in [6.07, 6.45) is 0.622. The Bertz CT molecular complexity index is 746. The average Bonchev–Trinajstić information content (AvgIpc) is 2.99. The number of nitrogens with one attached hydrogen (secondary N) is 1. The number of sulfonamides is 1. The van der Waals surface area contributed by atoms with Crippen LogP contribution in [0.3, 0.4) is 0 Å². The van der Waals surface area contributed by atoms with Crippen molar-refractivity contribution in [1.29, 1.82) is 0 Å². The van der Waals surface area contributed by atoms with Gasteiger partial charge in [0.25, 0.3) is 0 Å². The monoisotopic (exact) mass is 356 g/mol. The lowest BCUT2D eigenvalue weighted by molar-refractivity contribution is 0.169. The number of hydrogen-bond donors (Lipinski definition) is 1. The van der Waals surface area contributed by atoms with Gasteiger partial charge in [-0.25, -0.2) is 13.1 Å². The summed E-state index contributed by atoms with van der Waals surface area (Å²) in [7, 11) is -0.129. The molecule has 3 rings (SSSR count). The molecule has 0 radical (unpaired) electrons. The van der Waals surface area contributed by atoms with Crippen molar-refractivity contribution >= 4 is 10.0 Å². The maximum absolute atomic E-state index is 12.9. The smallest absolute Gasteiger partial charge is 0.244 e. The lowest BCUT2D eigenvalue weighted by Gasteiger charge is -2.29. The predicted octanol–water partition coefficient (Wildman–Crippen LogP) is 1.35. The molecule has 1 N–H and O–H groups in total. The van der Waals surface area contributed by atoms with Crippen LogP contribution in [0.5, 0.6) is 17.2 Å². The largest absolute Gasteiger partial charge is 0.492 e. The summed E-state index contributed by atoms with van der Waals surface area (Å²) in [5, 5.41) is 0. The highest BCUT2D eigenvalue weighted by Gasteiger charge is 2.37. The first-order chi connectivity index (χ1) is 11.3. The Kier molecular flexibility index (Phi) is 4.63. The van der Waals surface area contributed by atoms with Crippen LogP contribution in [-0.2, 0) is 23.0 Å². The fraction of sp³-hybridized carbons (Fsp3) is 0.625. The number of benzene rings is 1. The molecule has 8 heteroatoms. The zero-order chi connectivity index (χ0) is 17.5. The van der Waals surface area contributed by atoms with Crippen molar-refractivity contribution in [3.05, 3.63) is 11.1 Å². The van der Waals surface area contributed by atoms with E-state index in [0.717, 1.165) is 17.7 Å². The Hall–Kier alpha value is -1.51. The van der Waals surface area contributed by atoms with E-state index in [1.165, 1.54) is 0 Å². The third kappa shape index (κ3) is 2.94. The van der Waals surface area contributed by atoms with E-state index in [-0.39, 0.29) is 23.4 Å². The van der Waals surface area contributed by atoms with Gasteiger partial charge in [0, 0.05) is 25.2 Å². The van der Waals surface area contributed by atoms with Gasteiger partial charge in [-0.3, -0.25) is 0 Å². The van der Waals surface area contributed by atoms with Gasteiger partial charge in [-0.05, 0) is 24.9 Å². The van der Waals surface area contributed by atoms with Gasteiger partial charge in [-0.1, -0.05) is 13.8 Å².